The fourth-order valence-corrected chi connectivity index (χ4v) is 2.33. The molecule has 0 unspecified atom stereocenters. The van der Waals surface area contributed by atoms with Crippen LogP contribution in [0.25, 0.3) is 21.6 Å². The summed E-state index contributed by atoms with van der Waals surface area (Å²) in [4.78, 5) is 4.39. The summed E-state index contributed by atoms with van der Waals surface area (Å²) in [6.07, 6.45) is 0. The number of nitrogens with zero attached hydrogens (tertiary/aromatic N) is 4. The highest BCUT2D eigenvalue weighted by molar-refractivity contribution is 7.18. The molecule has 3 rings (SSSR count). The summed E-state index contributed by atoms with van der Waals surface area (Å²) in [6, 6.07) is 5.99. The van der Waals surface area contributed by atoms with Crippen LogP contribution in [0.5, 0.6) is 0 Å². The van der Waals surface area contributed by atoms with E-state index in [-0.39, 0.29) is 0 Å². The summed E-state index contributed by atoms with van der Waals surface area (Å²) in [5, 5.41) is 14.8. The van der Waals surface area contributed by atoms with E-state index in [0.29, 0.717) is 5.82 Å². The molecule has 74 valence electrons. The van der Waals surface area contributed by atoms with Crippen molar-refractivity contribution in [2.75, 3.05) is 0 Å². The van der Waals surface area contributed by atoms with Gasteiger partial charge in [0.15, 0.2) is 5.82 Å². The van der Waals surface area contributed by atoms with Gasteiger partial charge in [-0.15, -0.1) is 16.4 Å². The van der Waals surface area contributed by atoms with E-state index < -0.39 is 0 Å². The smallest absolute Gasteiger partial charge is 0.179 e. The molecular weight excluding hydrogens is 210 g/mol. The minimum absolute atomic E-state index is 0.683. The van der Waals surface area contributed by atoms with Gasteiger partial charge in [0.05, 0.1) is 15.2 Å². The van der Waals surface area contributed by atoms with Gasteiger partial charge >= 0.3 is 0 Å². The lowest BCUT2D eigenvalue weighted by molar-refractivity contribution is 0.881. The first-order valence-electron chi connectivity index (χ1n) is 4.44. The van der Waals surface area contributed by atoms with Gasteiger partial charge in [-0.1, -0.05) is 0 Å². The molecule has 2 heterocycles. The Balaban J connectivity index is 2.21. The standard InChI is InChI=1S/C9H7N5S/c1-5-10-7-3-2-6(4-8(7)15-5)9-11-13-14-12-9/h2-4H,1H3,(H,11,12,13,14). The molecule has 0 aliphatic rings. The molecule has 0 spiro atoms. The number of hydrogen-bond donors (Lipinski definition) is 1. The fourth-order valence-electron chi connectivity index (χ4n) is 1.47. The van der Waals surface area contributed by atoms with Gasteiger partial charge in [-0.3, -0.25) is 0 Å². The molecule has 0 aliphatic heterocycles. The summed E-state index contributed by atoms with van der Waals surface area (Å²) in [5.74, 6) is 0.683. The first kappa shape index (κ1) is 8.49. The Morgan fingerprint density at radius 2 is 2.27 bits per heavy atom. The molecule has 0 saturated carbocycles. The molecule has 0 fully saturated rings. The van der Waals surface area contributed by atoms with E-state index in [9.17, 15) is 0 Å². The number of nitrogens with one attached hydrogen (secondary N) is 1. The van der Waals surface area contributed by atoms with Gasteiger partial charge in [0.25, 0.3) is 0 Å². The summed E-state index contributed by atoms with van der Waals surface area (Å²) in [5.41, 5.74) is 2.00. The van der Waals surface area contributed by atoms with Gasteiger partial charge in [0.1, 0.15) is 0 Å². The van der Waals surface area contributed by atoms with Crippen LogP contribution in [0.2, 0.25) is 0 Å². The van der Waals surface area contributed by atoms with Gasteiger partial charge in [0, 0.05) is 5.56 Å². The molecule has 0 bridgehead atoms. The fraction of sp³-hybridized carbons (Fsp3) is 0.111. The van der Waals surface area contributed by atoms with E-state index in [1.807, 2.05) is 25.1 Å². The van der Waals surface area contributed by atoms with Gasteiger partial charge in [0.2, 0.25) is 0 Å². The Morgan fingerprint density at radius 1 is 1.33 bits per heavy atom. The Hall–Kier alpha value is -1.82. The zero-order chi connectivity index (χ0) is 10.3. The number of fused-ring (bicyclic) bond motifs is 1. The van der Waals surface area contributed by atoms with Crippen molar-refractivity contribution in [3.63, 3.8) is 0 Å². The van der Waals surface area contributed by atoms with Crippen LogP contribution in [0.15, 0.2) is 18.2 Å². The molecule has 5 nitrogen and oxygen atoms in total. The van der Waals surface area contributed by atoms with Gasteiger partial charge in [-0.2, -0.15) is 0 Å². The molecule has 0 atom stereocenters. The second kappa shape index (κ2) is 3.09. The molecule has 0 radical (unpaired) electrons. The highest BCUT2D eigenvalue weighted by Crippen LogP contribution is 2.25. The summed E-state index contributed by atoms with van der Waals surface area (Å²) < 4.78 is 1.15. The van der Waals surface area contributed by atoms with Crippen molar-refractivity contribution in [1.82, 2.24) is 25.6 Å². The molecule has 1 aromatic carbocycles. The van der Waals surface area contributed by atoms with Crippen molar-refractivity contribution in [3.05, 3.63) is 23.2 Å². The van der Waals surface area contributed by atoms with E-state index in [1.54, 1.807) is 11.3 Å². The first-order valence-corrected chi connectivity index (χ1v) is 5.26. The number of aryl methyl sites for hydroxylation is 1. The number of thiazole rings is 1. The molecule has 0 aliphatic carbocycles. The molecule has 0 amide bonds. The van der Waals surface area contributed by atoms with E-state index in [1.165, 1.54) is 0 Å². The Kier molecular flexibility index (Phi) is 1.75. The van der Waals surface area contributed by atoms with Crippen LogP contribution < -0.4 is 0 Å². The van der Waals surface area contributed by atoms with Crippen LogP contribution in [-0.4, -0.2) is 25.6 Å². The molecule has 3 aromatic rings. The van der Waals surface area contributed by atoms with Crippen LogP contribution in [0.4, 0.5) is 0 Å². The Morgan fingerprint density at radius 3 is 3.07 bits per heavy atom. The zero-order valence-electron chi connectivity index (χ0n) is 7.93. The molecule has 15 heavy (non-hydrogen) atoms. The lowest BCUT2D eigenvalue weighted by Crippen LogP contribution is -1.80. The van der Waals surface area contributed by atoms with Gasteiger partial charge in [-0.25, -0.2) is 10.1 Å². The van der Waals surface area contributed by atoms with E-state index >= 15 is 0 Å². The Bertz CT molecular complexity index is 598. The number of aromatic amines is 1. The number of rotatable bonds is 1. The largest absolute Gasteiger partial charge is 0.242 e. The number of H-pyrrole nitrogens is 1. The zero-order valence-corrected chi connectivity index (χ0v) is 8.75. The predicted molar refractivity (Wildman–Crippen MR) is 57.5 cm³/mol. The maximum absolute atomic E-state index is 4.39. The summed E-state index contributed by atoms with van der Waals surface area (Å²) >= 11 is 1.67. The number of benzene rings is 1. The van der Waals surface area contributed by atoms with Crippen molar-refractivity contribution in [2.45, 2.75) is 6.92 Å². The third kappa shape index (κ3) is 1.39. The highest BCUT2D eigenvalue weighted by Gasteiger charge is 2.05. The maximum Gasteiger partial charge on any atom is 0.179 e. The number of tetrazole rings is 1. The van der Waals surface area contributed by atoms with Crippen molar-refractivity contribution in [2.24, 2.45) is 0 Å². The molecular formula is C9H7N5S. The molecule has 2 aromatic heterocycles. The van der Waals surface area contributed by atoms with Crippen molar-refractivity contribution in [3.8, 4) is 11.4 Å². The molecule has 6 heteroatoms. The highest BCUT2D eigenvalue weighted by atomic mass is 32.1. The SMILES string of the molecule is Cc1nc2ccc(-c3nnn[nH]3)cc2s1. The van der Waals surface area contributed by atoms with Crippen LogP contribution in [0.1, 0.15) is 5.01 Å². The van der Waals surface area contributed by atoms with Crippen LogP contribution in [-0.2, 0) is 0 Å². The van der Waals surface area contributed by atoms with Crippen LogP contribution in [0, 0.1) is 6.92 Å². The average molecular weight is 217 g/mol. The summed E-state index contributed by atoms with van der Waals surface area (Å²) in [7, 11) is 0. The van der Waals surface area contributed by atoms with Crippen molar-refractivity contribution < 1.29 is 0 Å². The normalized spacial score (nSPS) is 11.0. The molecule has 1 N–H and O–H groups in total. The maximum atomic E-state index is 4.39. The van der Waals surface area contributed by atoms with Crippen molar-refractivity contribution in [1.29, 1.82) is 0 Å². The topological polar surface area (TPSA) is 67.3 Å². The lowest BCUT2D eigenvalue weighted by Gasteiger charge is -1.93. The van der Waals surface area contributed by atoms with Gasteiger partial charge < -0.3 is 0 Å². The predicted octanol–water partition coefficient (Wildman–Crippen LogP) is 1.78. The quantitative estimate of drug-likeness (QED) is 0.674. The van der Waals surface area contributed by atoms with E-state index in [4.69, 9.17) is 0 Å². The molecule has 0 saturated heterocycles. The van der Waals surface area contributed by atoms with E-state index in [0.717, 1.165) is 20.8 Å². The minimum Gasteiger partial charge on any atom is -0.242 e. The van der Waals surface area contributed by atoms with Crippen LogP contribution >= 0.6 is 11.3 Å². The third-order valence-electron chi connectivity index (χ3n) is 2.11. The summed E-state index contributed by atoms with van der Waals surface area (Å²) in [6.45, 7) is 2.00. The first-order chi connectivity index (χ1) is 7.33. The number of hydrogen-bond acceptors (Lipinski definition) is 5. The lowest BCUT2D eigenvalue weighted by atomic mass is 10.2. The monoisotopic (exact) mass is 217 g/mol. The number of aromatic nitrogens is 5. The average Bonchev–Trinajstić information content (AvgIpc) is 2.82. The minimum atomic E-state index is 0.683. The van der Waals surface area contributed by atoms with Crippen molar-refractivity contribution >= 4 is 21.6 Å². The third-order valence-corrected chi connectivity index (χ3v) is 3.05. The van der Waals surface area contributed by atoms with E-state index in [2.05, 4.69) is 25.6 Å². The Labute approximate surface area is 89.2 Å². The van der Waals surface area contributed by atoms with Gasteiger partial charge in [-0.05, 0) is 35.5 Å². The second-order valence-corrected chi connectivity index (χ2v) is 4.40. The second-order valence-electron chi connectivity index (χ2n) is 3.17. The van der Waals surface area contributed by atoms with Crippen LogP contribution in [0.3, 0.4) is 0 Å².